The summed E-state index contributed by atoms with van der Waals surface area (Å²) in [6, 6.07) is -0.835. The van der Waals surface area contributed by atoms with Crippen molar-refractivity contribution >= 4 is 21.6 Å². The van der Waals surface area contributed by atoms with Crippen molar-refractivity contribution < 1.29 is 22.9 Å². The third-order valence-corrected chi connectivity index (χ3v) is 6.99. The summed E-state index contributed by atoms with van der Waals surface area (Å²) in [6.45, 7) is 0.770. The summed E-state index contributed by atoms with van der Waals surface area (Å²) in [5, 5.41) is 12.7. The summed E-state index contributed by atoms with van der Waals surface area (Å²) < 4.78 is 43.3. The fraction of sp³-hybridized carbons (Fsp3) is 0.444. The molecule has 11 heteroatoms. The van der Waals surface area contributed by atoms with Crippen molar-refractivity contribution in [1.82, 2.24) is 9.78 Å². The van der Waals surface area contributed by atoms with Crippen LogP contribution in [0.3, 0.4) is 0 Å². The molecular weight excluding hydrogens is 401 g/mol. The molecule has 1 aromatic carbocycles. The van der Waals surface area contributed by atoms with Crippen molar-refractivity contribution in [2.24, 2.45) is 9.50 Å². The third kappa shape index (κ3) is 2.83. The number of rotatable bonds is 4. The van der Waals surface area contributed by atoms with Gasteiger partial charge in [0, 0.05) is 12.8 Å². The van der Waals surface area contributed by atoms with Gasteiger partial charge in [-0.25, -0.2) is 23.2 Å². The molecule has 1 unspecified atom stereocenters. The van der Waals surface area contributed by atoms with E-state index in [2.05, 4.69) is 14.8 Å². The van der Waals surface area contributed by atoms with Crippen molar-refractivity contribution in [3.05, 3.63) is 34.3 Å². The zero-order chi connectivity index (χ0) is 20.3. The molecule has 1 aromatic heterocycles. The molecule has 2 aromatic rings. The molecule has 2 heterocycles. The number of carbonyl (C=O) groups is 1. The molecule has 1 aliphatic heterocycles. The van der Waals surface area contributed by atoms with Crippen LogP contribution in [-0.4, -0.2) is 39.8 Å². The number of hydrogen-bond donors (Lipinski definition) is 2. The van der Waals surface area contributed by atoms with Crippen LogP contribution in [0, 0.1) is 5.82 Å². The van der Waals surface area contributed by atoms with E-state index in [0.29, 0.717) is 55.6 Å². The van der Waals surface area contributed by atoms with Crippen molar-refractivity contribution in [2.75, 3.05) is 19.0 Å². The van der Waals surface area contributed by atoms with E-state index in [1.54, 1.807) is 7.11 Å². The highest BCUT2D eigenvalue weighted by Crippen LogP contribution is 2.43. The monoisotopic (exact) mass is 421 g/mol. The van der Waals surface area contributed by atoms with E-state index in [1.165, 1.54) is 10.9 Å². The maximum atomic E-state index is 14.3. The van der Waals surface area contributed by atoms with Gasteiger partial charge in [-0.1, -0.05) is 0 Å². The Hall–Kier alpha value is -2.50. The Morgan fingerprint density at radius 2 is 2.03 bits per heavy atom. The molecule has 5 rings (SSSR count). The molecule has 29 heavy (non-hydrogen) atoms. The highest BCUT2D eigenvalue weighted by molar-refractivity contribution is 7.91. The van der Waals surface area contributed by atoms with Crippen LogP contribution in [-0.2, 0) is 46.9 Å². The maximum Gasteiger partial charge on any atom is 0.354 e. The minimum absolute atomic E-state index is 0.0615. The molecule has 0 bridgehead atoms. The normalized spacial score (nSPS) is 20.3. The Balaban J connectivity index is 1.43. The largest absolute Gasteiger partial charge is 0.469 e. The van der Waals surface area contributed by atoms with Gasteiger partial charge in [0.15, 0.2) is 9.92 Å². The standard InChI is InChI=1S/C18H20FN5O4S/c1-27-8-9-7-24-17(28-9)14(6-21-24)29(20,26)23-18(25)22-16-12-4-2-10(12)15(19)11-3-5-13(11)16/h6,9H,2-5,7-8H2,1H3,(H3,20,22,23,25,26)/t9-,29?/m0/s1. The molecule has 9 nitrogen and oxygen atoms in total. The Morgan fingerprint density at radius 3 is 2.62 bits per heavy atom. The number of nitrogens with zero attached hydrogens (tertiary/aromatic N) is 3. The number of nitrogens with two attached hydrogens (primary N) is 1. The second kappa shape index (κ2) is 6.51. The minimum atomic E-state index is -3.58. The third-order valence-electron chi connectivity index (χ3n) is 5.64. The summed E-state index contributed by atoms with van der Waals surface area (Å²) in [5.41, 5.74) is 3.49. The molecule has 0 saturated carbocycles. The number of urea groups is 1. The van der Waals surface area contributed by atoms with Crippen molar-refractivity contribution in [3.8, 4) is 5.88 Å². The first kappa shape index (κ1) is 18.5. The maximum absolute atomic E-state index is 14.3. The lowest BCUT2D eigenvalue weighted by atomic mass is 9.76. The van der Waals surface area contributed by atoms with E-state index in [0.717, 1.165) is 11.1 Å². The number of halogens is 1. The molecule has 2 atom stereocenters. The Kier molecular flexibility index (Phi) is 4.16. The first-order chi connectivity index (χ1) is 13.9. The number of hydrogen-bond acceptors (Lipinski definition) is 5. The van der Waals surface area contributed by atoms with Gasteiger partial charge in [-0.15, -0.1) is 4.36 Å². The van der Waals surface area contributed by atoms with Crippen molar-refractivity contribution in [3.63, 3.8) is 0 Å². The van der Waals surface area contributed by atoms with E-state index in [-0.39, 0.29) is 22.7 Å². The van der Waals surface area contributed by atoms with Crippen LogP contribution in [0.2, 0.25) is 0 Å². The van der Waals surface area contributed by atoms with E-state index in [4.69, 9.17) is 14.6 Å². The molecule has 0 saturated heterocycles. The van der Waals surface area contributed by atoms with Crippen LogP contribution in [0.4, 0.5) is 14.9 Å². The van der Waals surface area contributed by atoms with Gasteiger partial charge in [0.1, 0.15) is 16.8 Å². The molecule has 2 amide bonds. The SMILES string of the molecule is COC[C@@H]1Cn2ncc(S(N)(=O)=NC(=O)Nc3c4c(c(F)c5c3CC5)CC4)c2O1. The van der Waals surface area contributed by atoms with Gasteiger partial charge in [-0.05, 0) is 47.9 Å². The van der Waals surface area contributed by atoms with Crippen LogP contribution in [0.15, 0.2) is 15.5 Å². The minimum Gasteiger partial charge on any atom is -0.469 e. The number of fused-ring (bicyclic) bond motifs is 3. The van der Waals surface area contributed by atoms with E-state index in [9.17, 15) is 13.4 Å². The summed E-state index contributed by atoms with van der Waals surface area (Å²) in [7, 11) is -2.03. The van der Waals surface area contributed by atoms with Crippen LogP contribution in [0.25, 0.3) is 0 Å². The predicted molar refractivity (Wildman–Crippen MR) is 102 cm³/mol. The number of methoxy groups -OCH3 is 1. The topological polar surface area (TPSA) is 121 Å². The van der Waals surface area contributed by atoms with Gasteiger partial charge < -0.3 is 14.8 Å². The Labute approximate surface area is 166 Å². The second-order valence-corrected chi connectivity index (χ2v) is 9.14. The second-order valence-electron chi connectivity index (χ2n) is 7.38. The van der Waals surface area contributed by atoms with Gasteiger partial charge in [-0.3, -0.25) is 0 Å². The van der Waals surface area contributed by atoms with Crippen molar-refractivity contribution in [2.45, 2.75) is 43.2 Å². The lowest BCUT2D eigenvalue weighted by molar-refractivity contribution is 0.0920. The molecule has 0 spiro atoms. The summed E-state index contributed by atoms with van der Waals surface area (Å²) >= 11 is 0. The molecular formula is C18H20FN5O4S. The van der Waals surface area contributed by atoms with Gasteiger partial charge in [0.05, 0.1) is 19.3 Å². The average molecular weight is 421 g/mol. The molecule has 3 aliphatic rings. The average Bonchev–Trinajstić information content (AvgIpc) is 3.11. The van der Waals surface area contributed by atoms with Crippen molar-refractivity contribution in [1.29, 1.82) is 0 Å². The number of carbonyl (C=O) groups excluding carboxylic acids is 1. The smallest absolute Gasteiger partial charge is 0.354 e. The fourth-order valence-electron chi connectivity index (χ4n) is 4.07. The number of amides is 2. The molecule has 0 fully saturated rings. The van der Waals surface area contributed by atoms with Crippen LogP contribution in [0.1, 0.15) is 22.3 Å². The van der Waals surface area contributed by atoms with Gasteiger partial charge in [0.2, 0.25) is 5.88 Å². The van der Waals surface area contributed by atoms with Crippen LogP contribution < -0.4 is 15.2 Å². The van der Waals surface area contributed by atoms with E-state index < -0.39 is 15.9 Å². The van der Waals surface area contributed by atoms with Gasteiger partial charge in [0.25, 0.3) is 0 Å². The predicted octanol–water partition coefficient (Wildman–Crippen LogP) is 1.56. The number of anilines is 1. The zero-order valence-corrected chi connectivity index (χ0v) is 16.6. The lowest BCUT2D eigenvalue weighted by Crippen LogP contribution is -2.26. The summed E-state index contributed by atoms with van der Waals surface area (Å²) in [4.78, 5) is 12.6. The highest BCUT2D eigenvalue weighted by Gasteiger charge is 2.34. The molecule has 2 aliphatic carbocycles. The highest BCUT2D eigenvalue weighted by atomic mass is 32.2. The number of ether oxygens (including phenoxy) is 2. The molecule has 154 valence electrons. The first-order valence-corrected chi connectivity index (χ1v) is 10.9. The number of aromatic nitrogens is 2. The Morgan fingerprint density at radius 1 is 1.38 bits per heavy atom. The number of benzene rings is 1. The fourth-order valence-corrected chi connectivity index (χ4v) is 5.06. The van der Waals surface area contributed by atoms with E-state index >= 15 is 0 Å². The summed E-state index contributed by atoms with van der Waals surface area (Å²) in [6.07, 6.45) is 3.73. The van der Waals surface area contributed by atoms with Crippen LogP contribution in [0.5, 0.6) is 5.88 Å². The molecule has 3 N–H and O–H groups in total. The first-order valence-electron chi connectivity index (χ1n) is 9.31. The van der Waals surface area contributed by atoms with E-state index in [1.807, 2.05) is 0 Å². The number of nitrogens with one attached hydrogen (secondary N) is 1. The van der Waals surface area contributed by atoms with Crippen LogP contribution >= 0.6 is 0 Å². The lowest BCUT2D eigenvalue weighted by Gasteiger charge is -2.32. The van der Waals surface area contributed by atoms with Gasteiger partial charge >= 0.3 is 6.03 Å². The molecule has 0 radical (unpaired) electrons. The van der Waals surface area contributed by atoms with Gasteiger partial charge in [-0.2, -0.15) is 5.10 Å². The Bertz CT molecular complexity index is 1130. The summed E-state index contributed by atoms with van der Waals surface area (Å²) in [5.74, 6) is 0.0781. The quantitative estimate of drug-likeness (QED) is 0.776. The zero-order valence-electron chi connectivity index (χ0n) is 15.7.